The molecule has 8 nitrogen and oxygen atoms in total. The molecule has 3 rings (SSSR count). The van der Waals surface area contributed by atoms with Crippen LogP contribution in [0.1, 0.15) is 40.8 Å². The Hall–Kier alpha value is -3.11. The predicted molar refractivity (Wildman–Crippen MR) is 151 cm³/mol. The van der Waals surface area contributed by atoms with Crippen molar-refractivity contribution < 1.29 is 23.4 Å². The zero-order chi connectivity index (χ0) is 27.9. The van der Waals surface area contributed by atoms with Crippen LogP contribution in [-0.4, -0.2) is 43.4 Å². The number of aryl methyl sites for hydroxylation is 1. The maximum Gasteiger partial charge on any atom is 0.229 e. The van der Waals surface area contributed by atoms with E-state index in [0.29, 0.717) is 23.6 Å². The van der Waals surface area contributed by atoms with Gasteiger partial charge in [0.25, 0.3) is 0 Å². The minimum Gasteiger partial charge on any atom is -0.506 e. The number of phenolic OH excluding ortho intramolecular Hbond substituents is 1. The zero-order valence-electron chi connectivity index (χ0n) is 21.7. The lowest BCUT2D eigenvalue weighted by Gasteiger charge is -2.19. The average molecular weight is 560 g/mol. The van der Waals surface area contributed by atoms with Crippen molar-refractivity contribution in [3.05, 3.63) is 93.5 Å². The van der Waals surface area contributed by atoms with Crippen molar-refractivity contribution in [3.8, 4) is 5.75 Å². The largest absolute Gasteiger partial charge is 0.506 e. The van der Waals surface area contributed by atoms with E-state index >= 15 is 0 Å². The van der Waals surface area contributed by atoms with Gasteiger partial charge in [-0.3, -0.25) is 9.52 Å². The quantitative estimate of drug-likeness (QED) is 0.215. The second kappa shape index (κ2) is 13.1. The molecule has 0 fully saturated rings. The van der Waals surface area contributed by atoms with E-state index in [0.717, 1.165) is 28.5 Å². The van der Waals surface area contributed by atoms with Crippen molar-refractivity contribution in [3.63, 3.8) is 0 Å². The summed E-state index contributed by atoms with van der Waals surface area (Å²) in [5, 5.41) is 27.4. The van der Waals surface area contributed by atoms with Gasteiger partial charge in [-0.15, -0.1) is 0 Å². The number of aliphatic hydroxyl groups excluding tert-OH is 1. The summed E-state index contributed by atoms with van der Waals surface area (Å²) in [6.07, 6.45) is 1.03. The highest BCUT2D eigenvalue weighted by Crippen LogP contribution is 2.27. The fourth-order valence-electron chi connectivity index (χ4n) is 3.96. The average Bonchev–Trinajstić information content (AvgIpc) is 2.84. The minimum absolute atomic E-state index is 0.0145. The van der Waals surface area contributed by atoms with Crippen LogP contribution in [0.15, 0.2) is 60.7 Å². The Kier molecular flexibility index (Phi) is 10.2. The van der Waals surface area contributed by atoms with E-state index in [4.69, 9.17) is 11.6 Å². The van der Waals surface area contributed by atoms with Crippen molar-refractivity contribution in [2.24, 2.45) is 0 Å². The van der Waals surface area contributed by atoms with E-state index in [2.05, 4.69) is 15.4 Å². The van der Waals surface area contributed by atoms with E-state index in [1.807, 2.05) is 56.3 Å². The summed E-state index contributed by atoms with van der Waals surface area (Å²) in [7, 11) is -3.57. The number of halogens is 1. The number of hydrogen-bond acceptors (Lipinski definition) is 6. The number of benzene rings is 3. The first kappa shape index (κ1) is 29.4. The minimum atomic E-state index is -3.57. The van der Waals surface area contributed by atoms with Crippen molar-refractivity contribution in [1.29, 1.82) is 0 Å². The van der Waals surface area contributed by atoms with Crippen molar-refractivity contribution >= 4 is 33.2 Å². The molecule has 1 amide bonds. The van der Waals surface area contributed by atoms with Gasteiger partial charge in [-0.05, 0) is 66.3 Å². The summed E-state index contributed by atoms with van der Waals surface area (Å²) in [5.74, 6) is -0.299. The van der Waals surface area contributed by atoms with E-state index in [-0.39, 0.29) is 36.4 Å². The second-order valence-electron chi connectivity index (χ2n) is 9.54. The highest BCUT2D eigenvalue weighted by molar-refractivity contribution is 7.92. The Morgan fingerprint density at radius 1 is 1.03 bits per heavy atom. The molecule has 0 heterocycles. The number of phenols is 1. The molecule has 10 heteroatoms. The van der Waals surface area contributed by atoms with Crippen molar-refractivity contribution in [2.45, 2.75) is 45.4 Å². The van der Waals surface area contributed by atoms with Crippen LogP contribution in [-0.2, 0) is 34.2 Å². The third kappa shape index (κ3) is 9.33. The molecule has 0 aromatic heterocycles. The number of nitrogens with one attached hydrogen (secondary N) is 3. The number of sulfonamides is 1. The van der Waals surface area contributed by atoms with E-state index in [1.54, 1.807) is 6.07 Å². The summed E-state index contributed by atoms with van der Waals surface area (Å²) in [6.45, 7) is 4.57. The number of hydrogen-bond donors (Lipinski definition) is 5. The van der Waals surface area contributed by atoms with Crippen LogP contribution < -0.4 is 15.4 Å². The molecule has 204 valence electrons. The topological polar surface area (TPSA) is 128 Å². The molecule has 38 heavy (non-hydrogen) atoms. The number of amides is 1. The van der Waals surface area contributed by atoms with Gasteiger partial charge in [0.1, 0.15) is 5.75 Å². The fourth-order valence-corrected chi connectivity index (χ4v) is 4.73. The van der Waals surface area contributed by atoms with Gasteiger partial charge >= 0.3 is 0 Å². The number of rotatable bonds is 12. The van der Waals surface area contributed by atoms with Crippen molar-refractivity contribution in [2.75, 3.05) is 17.5 Å². The normalized spacial score (nSPS) is 13.1. The number of anilines is 1. The molecule has 0 spiro atoms. The number of carbonyl (C=O) groups excluding carboxylic acids is 1. The Bertz CT molecular complexity index is 1380. The van der Waals surface area contributed by atoms with Gasteiger partial charge in [-0.25, -0.2) is 8.42 Å². The molecule has 0 saturated carbocycles. The Labute approximate surface area is 229 Å². The van der Waals surface area contributed by atoms with Gasteiger partial charge in [-0.2, -0.15) is 0 Å². The van der Waals surface area contributed by atoms with Gasteiger partial charge in [0.15, 0.2) is 0 Å². The monoisotopic (exact) mass is 559 g/mol. The molecule has 5 N–H and O–H groups in total. The summed E-state index contributed by atoms with van der Waals surface area (Å²) in [6, 6.07) is 17.9. The maximum atomic E-state index is 12.5. The molecule has 2 atom stereocenters. The number of aromatic hydroxyl groups is 1. The van der Waals surface area contributed by atoms with Gasteiger partial charge in [0, 0.05) is 24.2 Å². The summed E-state index contributed by atoms with van der Waals surface area (Å²) in [4.78, 5) is 12.5. The lowest BCUT2D eigenvalue weighted by molar-refractivity contribution is -0.120. The van der Waals surface area contributed by atoms with E-state index in [9.17, 15) is 23.4 Å². The molecular weight excluding hydrogens is 526 g/mol. The number of carbonyl (C=O) groups is 1. The third-order valence-corrected chi connectivity index (χ3v) is 6.98. The molecule has 0 aliphatic carbocycles. The molecule has 0 unspecified atom stereocenters. The third-order valence-electron chi connectivity index (χ3n) is 5.98. The lowest BCUT2D eigenvalue weighted by atomic mass is 10.0. The summed E-state index contributed by atoms with van der Waals surface area (Å²) >= 11 is 6.16. The van der Waals surface area contributed by atoms with Crippen LogP contribution in [0, 0.1) is 6.92 Å². The van der Waals surface area contributed by atoms with Crippen LogP contribution in [0.3, 0.4) is 0 Å². The predicted octanol–water partition coefficient (Wildman–Crippen LogP) is 3.84. The molecule has 0 aliphatic heterocycles. The molecular formula is C28H34ClN3O5S. The standard InChI is InChI=1S/C28H34ClN3O5S/c1-18-7-8-22(13-24(18)29)16-31-28(35)14-21-6-4-5-20(12-21)11-19(2)30-17-27(34)23-9-10-26(33)25(15-23)32-38(3,36)37/h4-10,12-13,15,19,27,30,32-34H,11,14,16-17H2,1-3H3,(H,31,35)/t19-,27-/m1/s1. The first-order chi connectivity index (χ1) is 17.9. The number of aliphatic hydroxyl groups is 1. The fraction of sp³-hybridized carbons (Fsp3) is 0.321. The first-order valence-electron chi connectivity index (χ1n) is 12.2. The van der Waals surface area contributed by atoms with Gasteiger partial charge in [-0.1, -0.05) is 54.1 Å². The molecule has 0 bridgehead atoms. The van der Waals surface area contributed by atoms with Crippen LogP contribution in [0.25, 0.3) is 0 Å². The highest BCUT2D eigenvalue weighted by atomic mass is 35.5. The molecule has 0 saturated heterocycles. The maximum absolute atomic E-state index is 12.5. The smallest absolute Gasteiger partial charge is 0.229 e. The summed E-state index contributed by atoms with van der Waals surface area (Å²) < 4.78 is 25.2. The second-order valence-corrected chi connectivity index (χ2v) is 11.7. The molecule has 3 aromatic carbocycles. The van der Waals surface area contributed by atoms with Crippen LogP contribution in [0.2, 0.25) is 5.02 Å². The zero-order valence-corrected chi connectivity index (χ0v) is 23.2. The highest BCUT2D eigenvalue weighted by Gasteiger charge is 2.14. The Morgan fingerprint density at radius 3 is 2.47 bits per heavy atom. The SMILES string of the molecule is Cc1ccc(CNC(=O)Cc2cccc(C[C@@H](C)NC[C@@H](O)c3ccc(O)c(NS(C)(=O)=O)c3)c2)cc1Cl. The Morgan fingerprint density at radius 2 is 1.76 bits per heavy atom. The van der Waals surface area contributed by atoms with Crippen LogP contribution in [0.5, 0.6) is 5.75 Å². The molecule has 0 aliphatic rings. The van der Waals surface area contributed by atoms with Crippen molar-refractivity contribution in [1.82, 2.24) is 10.6 Å². The first-order valence-corrected chi connectivity index (χ1v) is 14.5. The van der Waals surface area contributed by atoms with E-state index < -0.39 is 16.1 Å². The van der Waals surface area contributed by atoms with Crippen LogP contribution >= 0.6 is 11.6 Å². The van der Waals surface area contributed by atoms with Gasteiger partial charge in [0.05, 0.1) is 24.5 Å². The molecule has 3 aromatic rings. The molecule has 0 radical (unpaired) electrons. The van der Waals surface area contributed by atoms with Gasteiger partial charge < -0.3 is 20.8 Å². The summed E-state index contributed by atoms with van der Waals surface area (Å²) in [5.41, 5.74) is 4.38. The Balaban J connectivity index is 1.50. The van der Waals surface area contributed by atoms with Gasteiger partial charge in [0.2, 0.25) is 15.9 Å². The van der Waals surface area contributed by atoms with E-state index in [1.165, 1.54) is 12.1 Å². The lowest BCUT2D eigenvalue weighted by Crippen LogP contribution is -2.32. The van der Waals surface area contributed by atoms with Crippen LogP contribution in [0.4, 0.5) is 5.69 Å².